The van der Waals surface area contributed by atoms with Gasteiger partial charge in [0.05, 0.1) is 23.5 Å². The molecule has 1 N–H and O–H groups in total. The zero-order chi connectivity index (χ0) is 35.3. The number of benzene rings is 2. The molecular weight excluding hydrogens is 662 g/mol. The van der Waals surface area contributed by atoms with Gasteiger partial charge in [-0.25, -0.2) is 27.6 Å². The fourth-order valence-electron chi connectivity index (χ4n) is 5.54. The summed E-state index contributed by atoms with van der Waals surface area (Å²) in [6.07, 6.45) is -4.42. The van der Waals surface area contributed by atoms with E-state index in [1.165, 1.54) is 24.3 Å². The summed E-state index contributed by atoms with van der Waals surface area (Å²) in [5, 5.41) is 13.6. The van der Waals surface area contributed by atoms with Gasteiger partial charge in [0, 0.05) is 25.1 Å². The number of anilines is 2. The molecule has 6 rings (SSSR count). The second-order valence-corrected chi connectivity index (χ2v) is 12.6. The van der Waals surface area contributed by atoms with E-state index in [2.05, 4.69) is 25.6 Å². The molecular formula is C31H30F6N8O4. The summed E-state index contributed by atoms with van der Waals surface area (Å²) < 4.78 is 98.3. The van der Waals surface area contributed by atoms with Gasteiger partial charge < -0.3 is 24.3 Å². The summed E-state index contributed by atoms with van der Waals surface area (Å²) in [7, 11) is 0. The summed E-state index contributed by atoms with van der Waals surface area (Å²) in [4.78, 5) is 32.7. The zero-order valence-electron chi connectivity index (χ0n) is 26.4. The molecule has 18 heteroatoms. The van der Waals surface area contributed by atoms with Gasteiger partial charge >= 0.3 is 18.3 Å². The lowest BCUT2D eigenvalue weighted by Gasteiger charge is -2.27. The lowest BCUT2D eigenvalue weighted by molar-refractivity contribution is -0.144. The third kappa shape index (κ3) is 7.17. The number of amides is 2. The van der Waals surface area contributed by atoms with Crippen molar-refractivity contribution in [3.63, 3.8) is 0 Å². The molecule has 2 aromatic heterocycles. The first-order valence-corrected chi connectivity index (χ1v) is 15.2. The molecule has 0 aliphatic carbocycles. The van der Waals surface area contributed by atoms with E-state index in [-0.39, 0.29) is 35.4 Å². The maximum absolute atomic E-state index is 15.9. The quantitative estimate of drug-likeness (QED) is 0.242. The number of nitrogens with one attached hydrogen (secondary N) is 1. The van der Waals surface area contributed by atoms with Gasteiger partial charge in [0.2, 0.25) is 5.91 Å². The molecule has 0 saturated carbocycles. The highest BCUT2D eigenvalue weighted by atomic mass is 19.4. The minimum absolute atomic E-state index is 0.136. The van der Waals surface area contributed by atoms with Crippen molar-refractivity contribution in [2.24, 2.45) is 0 Å². The van der Waals surface area contributed by atoms with Gasteiger partial charge in [-0.1, -0.05) is 17.2 Å². The van der Waals surface area contributed by atoms with Crippen LogP contribution in [0.1, 0.15) is 57.0 Å². The molecule has 0 unspecified atom stereocenters. The Morgan fingerprint density at radius 2 is 1.78 bits per heavy atom. The minimum atomic E-state index is -4.76. The molecule has 0 spiro atoms. The maximum Gasteiger partial charge on any atom is 0.453 e. The summed E-state index contributed by atoms with van der Waals surface area (Å²) in [5.41, 5.74) is -2.00. The smallest absolute Gasteiger partial charge is 0.444 e. The van der Waals surface area contributed by atoms with Gasteiger partial charge in [0.25, 0.3) is 17.6 Å². The van der Waals surface area contributed by atoms with Crippen LogP contribution in [0.3, 0.4) is 0 Å². The molecule has 0 radical (unpaired) electrons. The van der Waals surface area contributed by atoms with Gasteiger partial charge in [0.15, 0.2) is 0 Å². The Hall–Kier alpha value is -5.16. The van der Waals surface area contributed by atoms with Crippen molar-refractivity contribution in [1.29, 1.82) is 0 Å². The Morgan fingerprint density at radius 1 is 1.08 bits per heavy atom. The number of carbonyl (C=O) groups is 2. The van der Waals surface area contributed by atoms with E-state index in [0.717, 1.165) is 34.8 Å². The van der Waals surface area contributed by atoms with E-state index in [9.17, 15) is 22.8 Å². The first-order valence-electron chi connectivity index (χ1n) is 15.2. The molecule has 4 heterocycles. The number of nitrogens with zero attached hydrogens (tertiary/aromatic N) is 7. The lowest BCUT2D eigenvalue weighted by Crippen LogP contribution is -2.49. The SMILES string of the molecule is CC(C)(C)OC(=O)N[C@H]1CC(F)(F)c2cc(F)c(-c3nnc(N4CCCC4)o3)cc2N(Cc2ccc(-n3cnc(C(F)(F)F)n3)cc2)C1=O. The van der Waals surface area contributed by atoms with Crippen LogP contribution in [0.5, 0.6) is 0 Å². The van der Waals surface area contributed by atoms with Crippen molar-refractivity contribution in [2.75, 3.05) is 22.9 Å². The second kappa shape index (κ2) is 12.4. The predicted octanol–water partition coefficient (Wildman–Crippen LogP) is 6.00. The van der Waals surface area contributed by atoms with Crippen LogP contribution in [-0.2, 0) is 28.2 Å². The summed E-state index contributed by atoms with van der Waals surface area (Å²) in [5.74, 6) is -7.51. The Bertz CT molecular complexity index is 1860. The number of carbonyl (C=O) groups excluding carboxylic acids is 2. The van der Waals surface area contributed by atoms with Crippen molar-refractivity contribution in [3.8, 4) is 17.1 Å². The fraction of sp³-hybridized carbons (Fsp3) is 0.419. The van der Waals surface area contributed by atoms with Gasteiger partial charge in [-0.15, -0.1) is 10.2 Å². The Balaban J connectivity index is 1.38. The molecule has 4 aromatic rings. The normalized spacial score (nSPS) is 18.0. The summed E-state index contributed by atoms with van der Waals surface area (Å²) in [6, 6.07) is 5.64. The second-order valence-electron chi connectivity index (χ2n) is 12.6. The largest absolute Gasteiger partial charge is 0.453 e. The van der Waals surface area contributed by atoms with E-state index in [0.29, 0.717) is 24.7 Å². The van der Waals surface area contributed by atoms with Crippen molar-refractivity contribution in [2.45, 2.75) is 70.3 Å². The van der Waals surface area contributed by atoms with Crippen molar-refractivity contribution in [3.05, 3.63) is 65.5 Å². The van der Waals surface area contributed by atoms with Gasteiger partial charge in [0.1, 0.15) is 23.8 Å². The topological polar surface area (TPSA) is 132 Å². The van der Waals surface area contributed by atoms with E-state index >= 15 is 13.2 Å². The van der Waals surface area contributed by atoms with Gasteiger partial charge in [-0.3, -0.25) is 4.79 Å². The summed E-state index contributed by atoms with van der Waals surface area (Å²) in [6.45, 7) is 5.60. The predicted molar refractivity (Wildman–Crippen MR) is 160 cm³/mol. The fourth-order valence-corrected chi connectivity index (χ4v) is 5.54. The molecule has 260 valence electrons. The van der Waals surface area contributed by atoms with Crippen molar-refractivity contribution in [1.82, 2.24) is 30.3 Å². The number of alkyl halides is 5. The van der Waals surface area contributed by atoms with Crippen molar-refractivity contribution < 1.29 is 45.1 Å². The number of alkyl carbamates (subject to hydrolysis) is 1. The standard InChI is InChI=1S/C31H30F6N8O4/c1-29(2,3)49-28(47)39-22-14-30(33,34)20-13-21(32)19(24-40-41-27(48-24)43-10-4-5-11-43)12-23(20)44(25(22)46)15-17-6-8-18(9-7-17)45-16-38-26(42-45)31(35,36)37/h6-9,12-13,16,22H,4-5,10-11,14-15H2,1-3H3,(H,39,47)/t22-/m0/s1. The molecule has 1 fully saturated rings. The first kappa shape index (κ1) is 33.7. The van der Waals surface area contributed by atoms with E-state index in [1.54, 1.807) is 20.8 Å². The Kier molecular flexibility index (Phi) is 8.52. The number of halogens is 6. The number of fused-ring (bicyclic) bond motifs is 1. The number of hydrogen-bond acceptors (Lipinski definition) is 9. The van der Waals surface area contributed by atoms with E-state index in [1.807, 2.05) is 4.90 Å². The summed E-state index contributed by atoms with van der Waals surface area (Å²) >= 11 is 0. The number of ether oxygens (including phenoxy) is 1. The van der Waals surface area contributed by atoms with Crippen LogP contribution in [-0.4, -0.2) is 61.7 Å². The maximum atomic E-state index is 15.9. The third-order valence-corrected chi connectivity index (χ3v) is 7.79. The average molecular weight is 693 g/mol. The third-order valence-electron chi connectivity index (χ3n) is 7.79. The Labute approximate surface area is 275 Å². The van der Waals surface area contributed by atoms with Crippen LogP contribution in [0.2, 0.25) is 0 Å². The van der Waals surface area contributed by atoms with Crippen LogP contribution >= 0.6 is 0 Å². The molecule has 12 nitrogen and oxygen atoms in total. The monoisotopic (exact) mass is 692 g/mol. The molecule has 1 saturated heterocycles. The van der Waals surface area contributed by atoms with Crippen LogP contribution in [0.4, 0.5) is 42.8 Å². The van der Waals surface area contributed by atoms with Gasteiger partial charge in [-0.05, 0) is 63.4 Å². The minimum Gasteiger partial charge on any atom is -0.444 e. The molecule has 2 aliphatic heterocycles. The Morgan fingerprint density at radius 3 is 2.41 bits per heavy atom. The van der Waals surface area contributed by atoms with Crippen LogP contribution in [0.25, 0.3) is 17.1 Å². The highest BCUT2D eigenvalue weighted by molar-refractivity contribution is 6.00. The highest BCUT2D eigenvalue weighted by Crippen LogP contribution is 2.45. The number of hydrogen-bond donors (Lipinski definition) is 1. The van der Waals surface area contributed by atoms with E-state index < -0.39 is 59.4 Å². The van der Waals surface area contributed by atoms with Crippen molar-refractivity contribution >= 4 is 23.7 Å². The van der Waals surface area contributed by atoms with Crippen LogP contribution in [0.15, 0.2) is 47.1 Å². The van der Waals surface area contributed by atoms with E-state index in [4.69, 9.17) is 9.15 Å². The highest BCUT2D eigenvalue weighted by Gasteiger charge is 2.47. The molecule has 1 atom stereocenters. The van der Waals surface area contributed by atoms with Crippen LogP contribution in [0, 0.1) is 5.82 Å². The molecule has 49 heavy (non-hydrogen) atoms. The molecule has 2 aliphatic rings. The molecule has 0 bridgehead atoms. The number of aromatic nitrogens is 5. The van der Waals surface area contributed by atoms with Gasteiger partial charge in [-0.2, -0.15) is 13.2 Å². The number of rotatable bonds is 6. The molecule has 2 amide bonds. The first-order chi connectivity index (χ1) is 23.0. The average Bonchev–Trinajstić information content (AvgIpc) is 3.79. The zero-order valence-corrected chi connectivity index (χ0v) is 26.4. The van der Waals surface area contributed by atoms with Crippen LogP contribution < -0.4 is 15.1 Å². The molecule has 2 aromatic carbocycles. The lowest BCUT2D eigenvalue weighted by atomic mass is 9.99.